The third kappa shape index (κ3) is 3.84. The van der Waals surface area contributed by atoms with Crippen molar-refractivity contribution in [2.75, 3.05) is 13.2 Å². The minimum Gasteiger partial charge on any atom is -0.456 e. The van der Waals surface area contributed by atoms with Gasteiger partial charge in [-0.3, -0.25) is 4.57 Å². The van der Waals surface area contributed by atoms with Crippen LogP contribution in [0.5, 0.6) is 0 Å². The Bertz CT molecular complexity index is 445. The molecule has 0 saturated carbocycles. The Morgan fingerprint density at radius 3 is 2.16 bits per heavy atom. The molecule has 0 bridgehead atoms. The predicted molar refractivity (Wildman–Crippen MR) is 63.0 cm³/mol. The van der Waals surface area contributed by atoms with Gasteiger partial charge in [0.15, 0.2) is 0 Å². The van der Waals surface area contributed by atoms with Crippen LogP contribution in [0.4, 0.5) is 13.2 Å². The number of rotatable bonds is 6. The average Bonchev–Trinajstić information content (AvgIpc) is 2.77. The van der Waals surface area contributed by atoms with Crippen LogP contribution in [0.25, 0.3) is 0 Å². The van der Waals surface area contributed by atoms with Crippen molar-refractivity contribution < 1.29 is 31.2 Å². The van der Waals surface area contributed by atoms with Crippen molar-refractivity contribution in [3.8, 4) is 0 Å². The van der Waals surface area contributed by atoms with E-state index >= 15 is 0 Å². The number of alkyl halides is 3. The zero-order valence-corrected chi connectivity index (χ0v) is 11.8. The van der Waals surface area contributed by atoms with E-state index in [0.29, 0.717) is 0 Å². The van der Waals surface area contributed by atoms with Crippen molar-refractivity contribution in [2.24, 2.45) is 0 Å². The maximum absolute atomic E-state index is 12.4. The zero-order valence-electron chi connectivity index (χ0n) is 10.9. The molecule has 0 aliphatic rings. The highest BCUT2D eigenvalue weighted by atomic mass is 31.2. The molecule has 0 aromatic carbocycles. The number of furan rings is 1. The molecule has 0 saturated heterocycles. The van der Waals surface area contributed by atoms with Crippen LogP contribution >= 0.6 is 7.60 Å². The van der Waals surface area contributed by atoms with Crippen LogP contribution in [-0.2, 0) is 19.8 Å². The summed E-state index contributed by atoms with van der Waals surface area (Å²) >= 11 is 0. The highest BCUT2D eigenvalue weighted by Gasteiger charge is 2.39. The first-order valence-electron chi connectivity index (χ1n) is 5.80. The Labute approximate surface area is 109 Å². The van der Waals surface area contributed by atoms with Gasteiger partial charge in [0.2, 0.25) is 5.76 Å². The van der Waals surface area contributed by atoms with Gasteiger partial charge < -0.3 is 13.5 Å². The van der Waals surface area contributed by atoms with Crippen LogP contribution < -0.4 is 0 Å². The summed E-state index contributed by atoms with van der Waals surface area (Å²) in [5, 5.41) is 0. The van der Waals surface area contributed by atoms with Gasteiger partial charge in [-0.2, -0.15) is 13.2 Å². The summed E-state index contributed by atoms with van der Waals surface area (Å²) in [5.41, 5.74) is -0.900. The Morgan fingerprint density at radius 1 is 1.26 bits per heavy atom. The zero-order chi connectivity index (χ0) is 14.7. The molecular weight excluding hydrogens is 284 g/mol. The van der Waals surface area contributed by atoms with E-state index in [0.717, 1.165) is 12.1 Å². The van der Waals surface area contributed by atoms with Crippen LogP contribution in [0.2, 0.25) is 0 Å². The van der Waals surface area contributed by atoms with E-state index in [1.807, 2.05) is 0 Å². The highest BCUT2D eigenvalue weighted by molar-refractivity contribution is 7.54. The van der Waals surface area contributed by atoms with Crippen molar-refractivity contribution in [3.63, 3.8) is 0 Å². The quantitative estimate of drug-likeness (QED) is 0.719. The second kappa shape index (κ2) is 6.11. The lowest BCUT2D eigenvalue weighted by Gasteiger charge is -2.21. The summed E-state index contributed by atoms with van der Waals surface area (Å²) in [4.78, 5) is 0. The molecule has 0 spiro atoms. The van der Waals surface area contributed by atoms with E-state index in [9.17, 15) is 17.7 Å². The molecule has 0 N–H and O–H groups in total. The summed E-state index contributed by atoms with van der Waals surface area (Å²) in [6.07, 6.45) is -4.57. The molecule has 4 nitrogen and oxygen atoms in total. The fraction of sp³-hybridized carbons (Fsp3) is 0.636. The second-order valence-corrected chi connectivity index (χ2v) is 6.12. The molecule has 0 aliphatic carbocycles. The molecule has 110 valence electrons. The van der Waals surface area contributed by atoms with Crippen LogP contribution in [-0.4, -0.2) is 13.2 Å². The van der Waals surface area contributed by atoms with E-state index in [1.165, 1.54) is 6.92 Å². The molecule has 1 heterocycles. The van der Waals surface area contributed by atoms with Gasteiger partial charge in [0.05, 0.1) is 13.2 Å². The first-order valence-corrected chi connectivity index (χ1v) is 7.41. The Hall–Kier alpha value is -0.780. The van der Waals surface area contributed by atoms with Crippen LogP contribution in [0, 0.1) is 0 Å². The maximum Gasteiger partial charge on any atom is 0.449 e. The SMILES string of the molecule is CCOP(=O)(OCC)C(C)c1ccc(C(F)(F)F)o1. The third-order valence-corrected chi connectivity index (χ3v) is 4.85. The number of hydrogen-bond acceptors (Lipinski definition) is 4. The number of hydrogen-bond donors (Lipinski definition) is 0. The molecule has 8 heteroatoms. The molecule has 0 aliphatic heterocycles. The molecule has 1 atom stereocenters. The van der Waals surface area contributed by atoms with Gasteiger partial charge in [0.1, 0.15) is 11.4 Å². The molecule has 1 rings (SSSR count). The Morgan fingerprint density at radius 2 is 1.79 bits per heavy atom. The van der Waals surface area contributed by atoms with Gasteiger partial charge in [0, 0.05) is 0 Å². The molecule has 19 heavy (non-hydrogen) atoms. The van der Waals surface area contributed by atoms with E-state index in [4.69, 9.17) is 13.5 Å². The molecular formula is C11H16F3O4P. The lowest BCUT2D eigenvalue weighted by atomic mass is 10.3. The molecule has 0 radical (unpaired) electrons. The second-order valence-electron chi connectivity index (χ2n) is 3.75. The first kappa shape index (κ1) is 16.3. The van der Waals surface area contributed by atoms with Gasteiger partial charge in [-0.15, -0.1) is 0 Å². The largest absolute Gasteiger partial charge is 0.456 e. The summed E-state index contributed by atoms with van der Waals surface area (Å²) in [7, 11) is -3.53. The summed E-state index contributed by atoms with van der Waals surface area (Å²) in [6, 6.07) is 1.94. The number of halogens is 3. The van der Waals surface area contributed by atoms with Gasteiger partial charge in [0.25, 0.3) is 0 Å². The fourth-order valence-electron chi connectivity index (χ4n) is 1.51. The van der Waals surface area contributed by atoms with Gasteiger partial charge in [-0.1, -0.05) is 0 Å². The molecule has 1 unspecified atom stereocenters. The van der Waals surface area contributed by atoms with Crippen LogP contribution in [0.3, 0.4) is 0 Å². The molecule has 1 aromatic heterocycles. The van der Waals surface area contributed by atoms with Gasteiger partial charge >= 0.3 is 13.8 Å². The minimum absolute atomic E-state index is 0.0717. The minimum atomic E-state index is -4.57. The van der Waals surface area contributed by atoms with E-state index in [-0.39, 0.29) is 19.0 Å². The van der Waals surface area contributed by atoms with Crippen molar-refractivity contribution >= 4 is 7.60 Å². The van der Waals surface area contributed by atoms with E-state index < -0.39 is 25.2 Å². The maximum atomic E-state index is 12.4. The molecule has 0 fully saturated rings. The lowest BCUT2D eigenvalue weighted by molar-refractivity contribution is -0.153. The monoisotopic (exact) mass is 300 g/mol. The molecule has 0 amide bonds. The lowest BCUT2D eigenvalue weighted by Crippen LogP contribution is -2.04. The first-order chi connectivity index (χ1) is 8.74. The van der Waals surface area contributed by atoms with Gasteiger partial charge in [-0.25, -0.2) is 0 Å². The topological polar surface area (TPSA) is 48.7 Å². The highest BCUT2D eigenvalue weighted by Crippen LogP contribution is 2.61. The fourth-order valence-corrected chi connectivity index (χ4v) is 3.20. The predicted octanol–water partition coefficient (Wildman–Crippen LogP) is 4.63. The average molecular weight is 300 g/mol. The third-order valence-electron chi connectivity index (χ3n) is 2.41. The van der Waals surface area contributed by atoms with Crippen molar-refractivity contribution in [3.05, 3.63) is 23.7 Å². The van der Waals surface area contributed by atoms with E-state index in [2.05, 4.69) is 0 Å². The van der Waals surface area contributed by atoms with Crippen molar-refractivity contribution in [1.82, 2.24) is 0 Å². The van der Waals surface area contributed by atoms with Crippen molar-refractivity contribution in [1.29, 1.82) is 0 Å². The van der Waals surface area contributed by atoms with Gasteiger partial charge in [-0.05, 0) is 32.9 Å². The normalized spacial score (nSPS) is 14.6. The Kier molecular flexibility index (Phi) is 5.24. The van der Waals surface area contributed by atoms with Crippen molar-refractivity contribution in [2.45, 2.75) is 32.6 Å². The standard InChI is InChI=1S/C11H16F3O4P/c1-4-16-19(15,17-5-2)8(3)9-6-7-10(18-9)11(12,13)14/h6-8H,4-5H2,1-3H3. The summed E-state index contributed by atoms with van der Waals surface area (Å²) in [6.45, 7) is 4.97. The van der Waals surface area contributed by atoms with E-state index in [1.54, 1.807) is 13.8 Å². The molecule has 1 aromatic rings. The van der Waals surface area contributed by atoms with Crippen LogP contribution in [0.15, 0.2) is 16.5 Å². The summed E-state index contributed by atoms with van der Waals surface area (Å²) < 4.78 is 64.5. The smallest absolute Gasteiger partial charge is 0.449 e. The summed E-state index contributed by atoms with van der Waals surface area (Å²) in [5.74, 6) is -1.20. The Balaban J connectivity index is 3.00. The van der Waals surface area contributed by atoms with Crippen LogP contribution in [0.1, 0.15) is 38.0 Å².